The molecule has 1 aromatic rings. The zero-order chi connectivity index (χ0) is 12.7. The third-order valence-corrected chi connectivity index (χ3v) is 1.91. The number of carbonyl (C=O) groups is 2. The van der Waals surface area contributed by atoms with E-state index < -0.39 is 11.8 Å². The Morgan fingerprint density at radius 1 is 1.35 bits per heavy atom. The van der Waals surface area contributed by atoms with Gasteiger partial charge in [0.1, 0.15) is 5.82 Å². The molecule has 0 aromatic heterocycles. The second-order valence-electron chi connectivity index (χ2n) is 3.38. The number of hydrogen-bond acceptors (Lipinski definition) is 3. The molecule has 0 radical (unpaired) electrons. The van der Waals surface area contributed by atoms with Gasteiger partial charge >= 0.3 is 5.97 Å². The molecule has 0 bridgehead atoms. The van der Waals surface area contributed by atoms with Gasteiger partial charge in [-0.1, -0.05) is 6.07 Å². The molecule has 0 unspecified atom stereocenters. The SMILES string of the molecule is O=C(O)CCNCC(=O)Nc1cccc(F)c1. The average molecular weight is 240 g/mol. The lowest BCUT2D eigenvalue weighted by Gasteiger charge is -2.05. The van der Waals surface area contributed by atoms with E-state index in [9.17, 15) is 14.0 Å². The summed E-state index contributed by atoms with van der Waals surface area (Å²) in [7, 11) is 0. The van der Waals surface area contributed by atoms with Crippen molar-refractivity contribution in [3.63, 3.8) is 0 Å². The number of anilines is 1. The smallest absolute Gasteiger partial charge is 0.304 e. The van der Waals surface area contributed by atoms with Gasteiger partial charge < -0.3 is 15.7 Å². The van der Waals surface area contributed by atoms with Crippen LogP contribution in [0.4, 0.5) is 10.1 Å². The van der Waals surface area contributed by atoms with E-state index in [2.05, 4.69) is 10.6 Å². The highest BCUT2D eigenvalue weighted by Gasteiger charge is 2.03. The molecule has 0 saturated heterocycles. The van der Waals surface area contributed by atoms with Gasteiger partial charge in [-0.2, -0.15) is 0 Å². The maximum Gasteiger partial charge on any atom is 0.304 e. The highest BCUT2D eigenvalue weighted by atomic mass is 19.1. The number of carboxylic acids is 1. The number of halogens is 1. The number of amides is 1. The van der Waals surface area contributed by atoms with Crippen molar-refractivity contribution < 1.29 is 19.1 Å². The number of aliphatic carboxylic acids is 1. The van der Waals surface area contributed by atoms with Crippen molar-refractivity contribution in [3.05, 3.63) is 30.1 Å². The summed E-state index contributed by atoms with van der Waals surface area (Å²) in [6.45, 7) is 0.204. The molecule has 92 valence electrons. The normalized spacial score (nSPS) is 9.94. The van der Waals surface area contributed by atoms with Crippen molar-refractivity contribution in [2.75, 3.05) is 18.4 Å². The Labute approximate surface area is 97.6 Å². The first-order valence-corrected chi connectivity index (χ1v) is 5.06. The number of carbonyl (C=O) groups excluding carboxylic acids is 1. The van der Waals surface area contributed by atoms with E-state index in [0.717, 1.165) is 0 Å². The number of hydrogen-bond donors (Lipinski definition) is 3. The van der Waals surface area contributed by atoms with Crippen LogP contribution in [0.5, 0.6) is 0 Å². The van der Waals surface area contributed by atoms with Crippen molar-refractivity contribution in [1.29, 1.82) is 0 Å². The third-order valence-electron chi connectivity index (χ3n) is 1.91. The minimum atomic E-state index is -0.928. The average Bonchev–Trinajstić information content (AvgIpc) is 2.24. The van der Waals surface area contributed by atoms with Crippen LogP contribution in [-0.4, -0.2) is 30.1 Å². The highest BCUT2D eigenvalue weighted by Crippen LogP contribution is 2.08. The van der Waals surface area contributed by atoms with Gasteiger partial charge in [-0.25, -0.2) is 4.39 Å². The van der Waals surface area contributed by atoms with E-state index >= 15 is 0 Å². The molecule has 1 rings (SSSR count). The van der Waals surface area contributed by atoms with Gasteiger partial charge in [0.05, 0.1) is 13.0 Å². The lowest BCUT2D eigenvalue weighted by molar-refractivity contribution is -0.137. The van der Waals surface area contributed by atoms with E-state index in [0.29, 0.717) is 5.69 Å². The van der Waals surface area contributed by atoms with Crippen LogP contribution in [0.15, 0.2) is 24.3 Å². The van der Waals surface area contributed by atoms with Gasteiger partial charge in [-0.15, -0.1) is 0 Å². The van der Waals surface area contributed by atoms with Gasteiger partial charge in [0, 0.05) is 12.2 Å². The zero-order valence-corrected chi connectivity index (χ0v) is 9.07. The Morgan fingerprint density at radius 2 is 2.12 bits per heavy atom. The molecule has 3 N–H and O–H groups in total. The minimum Gasteiger partial charge on any atom is -0.481 e. The Hall–Kier alpha value is -1.95. The van der Waals surface area contributed by atoms with E-state index in [1.54, 1.807) is 6.07 Å². The number of carboxylic acid groups (broad SMARTS) is 1. The van der Waals surface area contributed by atoms with Crippen LogP contribution < -0.4 is 10.6 Å². The van der Waals surface area contributed by atoms with Crippen molar-refractivity contribution in [1.82, 2.24) is 5.32 Å². The van der Waals surface area contributed by atoms with Crippen LogP contribution in [-0.2, 0) is 9.59 Å². The fourth-order valence-corrected chi connectivity index (χ4v) is 1.17. The Bertz CT molecular complexity index is 409. The maximum absolute atomic E-state index is 12.8. The molecule has 1 aromatic carbocycles. The summed E-state index contributed by atoms with van der Waals surface area (Å²) in [6, 6.07) is 5.54. The highest BCUT2D eigenvalue weighted by molar-refractivity contribution is 5.92. The number of nitrogens with one attached hydrogen (secondary N) is 2. The second-order valence-corrected chi connectivity index (χ2v) is 3.38. The van der Waals surface area contributed by atoms with Crippen LogP contribution >= 0.6 is 0 Å². The van der Waals surface area contributed by atoms with Crippen molar-refractivity contribution in [2.45, 2.75) is 6.42 Å². The molecule has 0 atom stereocenters. The van der Waals surface area contributed by atoms with E-state index in [1.807, 2.05) is 0 Å². The van der Waals surface area contributed by atoms with Gasteiger partial charge in [0.2, 0.25) is 5.91 Å². The number of benzene rings is 1. The predicted molar refractivity (Wildman–Crippen MR) is 60.2 cm³/mol. The van der Waals surface area contributed by atoms with Crippen LogP contribution in [0.1, 0.15) is 6.42 Å². The van der Waals surface area contributed by atoms with Crippen LogP contribution in [0.25, 0.3) is 0 Å². The Morgan fingerprint density at radius 3 is 2.76 bits per heavy atom. The molecule has 0 spiro atoms. The summed E-state index contributed by atoms with van der Waals surface area (Å²) in [5.41, 5.74) is 0.370. The first-order valence-electron chi connectivity index (χ1n) is 5.06. The predicted octanol–water partition coefficient (Wildman–Crippen LogP) is 0.828. The monoisotopic (exact) mass is 240 g/mol. The maximum atomic E-state index is 12.8. The van der Waals surface area contributed by atoms with Gasteiger partial charge in [0.25, 0.3) is 0 Å². The zero-order valence-electron chi connectivity index (χ0n) is 9.07. The molecule has 0 saturated carbocycles. The Kier molecular flexibility index (Phi) is 5.09. The van der Waals surface area contributed by atoms with Gasteiger partial charge in [-0.3, -0.25) is 9.59 Å². The molecular formula is C11H13FN2O3. The van der Waals surface area contributed by atoms with E-state index in [1.165, 1.54) is 18.2 Å². The Balaban J connectivity index is 2.27. The largest absolute Gasteiger partial charge is 0.481 e. The summed E-state index contributed by atoms with van der Waals surface area (Å²) in [5, 5.41) is 13.5. The van der Waals surface area contributed by atoms with E-state index in [-0.39, 0.29) is 25.4 Å². The summed E-state index contributed by atoms with van der Waals surface area (Å²) in [4.78, 5) is 21.5. The van der Waals surface area contributed by atoms with Crippen molar-refractivity contribution in [2.24, 2.45) is 0 Å². The summed E-state index contributed by atoms with van der Waals surface area (Å²) in [5.74, 6) is -1.70. The first-order chi connectivity index (χ1) is 8.08. The fraction of sp³-hybridized carbons (Fsp3) is 0.273. The third kappa shape index (κ3) is 5.62. The van der Waals surface area contributed by atoms with Crippen LogP contribution in [0, 0.1) is 5.82 Å². The van der Waals surface area contributed by atoms with Gasteiger partial charge in [0.15, 0.2) is 0 Å². The summed E-state index contributed by atoms with van der Waals surface area (Å²) >= 11 is 0. The molecule has 0 heterocycles. The number of rotatable bonds is 6. The molecular weight excluding hydrogens is 227 g/mol. The molecule has 17 heavy (non-hydrogen) atoms. The molecule has 0 fully saturated rings. The molecule has 0 aliphatic heterocycles. The molecule has 0 aliphatic carbocycles. The van der Waals surface area contributed by atoms with Crippen molar-refractivity contribution >= 4 is 17.6 Å². The van der Waals surface area contributed by atoms with Crippen LogP contribution in [0.2, 0.25) is 0 Å². The van der Waals surface area contributed by atoms with Crippen molar-refractivity contribution in [3.8, 4) is 0 Å². The summed E-state index contributed by atoms with van der Waals surface area (Å²) in [6.07, 6.45) is -0.0484. The molecule has 0 aliphatic rings. The lowest BCUT2D eigenvalue weighted by atomic mass is 10.3. The minimum absolute atomic E-state index is 0.0101. The first kappa shape index (κ1) is 13.1. The molecule has 1 amide bonds. The van der Waals surface area contributed by atoms with Crippen LogP contribution in [0.3, 0.4) is 0 Å². The fourth-order valence-electron chi connectivity index (χ4n) is 1.17. The summed E-state index contributed by atoms with van der Waals surface area (Å²) < 4.78 is 12.8. The lowest BCUT2D eigenvalue weighted by Crippen LogP contribution is -2.29. The molecule has 5 nitrogen and oxygen atoms in total. The second kappa shape index (κ2) is 6.59. The standard InChI is InChI=1S/C11H13FN2O3/c12-8-2-1-3-9(6-8)14-10(15)7-13-5-4-11(16)17/h1-3,6,13H,4-5,7H2,(H,14,15)(H,16,17). The molecule has 6 heteroatoms. The van der Waals surface area contributed by atoms with E-state index in [4.69, 9.17) is 5.11 Å². The topological polar surface area (TPSA) is 78.4 Å². The quantitative estimate of drug-likeness (QED) is 0.643. The van der Waals surface area contributed by atoms with Gasteiger partial charge in [-0.05, 0) is 18.2 Å².